The first-order chi connectivity index (χ1) is 9.58. The van der Waals surface area contributed by atoms with Crippen LogP contribution in [0.25, 0.3) is 0 Å². The molecule has 2 rings (SSSR count). The van der Waals surface area contributed by atoms with Crippen LogP contribution in [0, 0.1) is 12.8 Å². The molecule has 0 radical (unpaired) electrons. The first-order valence-corrected chi connectivity index (χ1v) is 7.33. The summed E-state index contributed by atoms with van der Waals surface area (Å²) in [6, 6.07) is 8.66. The van der Waals surface area contributed by atoms with Crippen molar-refractivity contribution in [2.75, 3.05) is 24.6 Å². The Balaban J connectivity index is 2.02. The Labute approximate surface area is 121 Å². The lowest BCUT2D eigenvalue weighted by Crippen LogP contribution is -2.50. The monoisotopic (exact) mass is 276 g/mol. The minimum absolute atomic E-state index is 0.151. The Morgan fingerprint density at radius 2 is 2.25 bits per heavy atom. The second-order valence-electron chi connectivity index (χ2n) is 5.65. The Bertz CT molecular complexity index is 462. The van der Waals surface area contributed by atoms with Gasteiger partial charge in [0, 0.05) is 24.8 Å². The molecule has 1 N–H and O–H groups in total. The van der Waals surface area contributed by atoms with Crippen molar-refractivity contribution in [3.8, 4) is 0 Å². The summed E-state index contributed by atoms with van der Waals surface area (Å²) in [4.78, 5) is 13.9. The maximum Gasteiger partial charge on any atom is 0.407 e. The summed E-state index contributed by atoms with van der Waals surface area (Å²) >= 11 is 0. The van der Waals surface area contributed by atoms with Gasteiger partial charge in [0.25, 0.3) is 0 Å². The molecule has 1 heterocycles. The molecule has 0 bridgehead atoms. The molecule has 2 unspecified atom stereocenters. The number of rotatable bonds is 3. The van der Waals surface area contributed by atoms with E-state index in [0.29, 0.717) is 12.5 Å². The summed E-state index contributed by atoms with van der Waals surface area (Å²) in [7, 11) is 0. The van der Waals surface area contributed by atoms with Crippen molar-refractivity contribution >= 4 is 11.8 Å². The van der Waals surface area contributed by atoms with Crippen LogP contribution in [-0.2, 0) is 4.74 Å². The molecule has 0 aromatic heterocycles. The number of ether oxygens (including phenoxy) is 1. The molecule has 4 heteroatoms. The SMILES string of the molecule is CCOC(=O)NC1CC(C)CN(c2cccc(C)c2)C1. The number of aryl methyl sites for hydroxylation is 1. The van der Waals surface area contributed by atoms with Crippen LogP contribution in [-0.4, -0.2) is 31.8 Å². The van der Waals surface area contributed by atoms with Crippen molar-refractivity contribution in [3.63, 3.8) is 0 Å². The number of nitrogens with zero attached hydrogens (tertiary/aromatic N) is 1. The predicted octanol–water partition coefficient (Wildman–Crippen LogP) is 2.96. The highest BCUT2D eigenvalue weighted by molar-refractivity contribution is 5.67. The maximum absolute atomic E-state index is 11.6. The average molecular weight is 276 g/mol. The van der Waals surface area contributed by atoms with Gasteiger partial charge in [-0.15, -0.1) is 0 Å². The summed E-state index contributed by atoms with van der Waals surface area (Å²) < 4.78 is 4.97. The van der Waals surface area contributed by atoms with Crippen LogP contribution in [0.1, 0.15) is 25.8 Å². The van der Waals surface area contributed by atoms with Gasteiger partial charge in [0.1, 0.15) is 0 Å². The molecule has 110 valence electrons. The minimum atomic E-state index is -0.309. The number of hydrogen-bond acceptors (Lipinski definition) is 3. The summed E-state index contributed by atoms with van der Waals surface area (Å²) in [5.74, 6) is 0.552. The molecule has 2 atom stereocenters. The molecule has 1 fully saturated rings. The third kappa shape index (κ3) is 3.89. The van der Waals surface area contributed by atoms with Gasteiger partial charge in [-0.25, -0.2) is 4.79 Å². The molecule has 1 saturated heterocycles. The normalized spacial score (nSPS) is 22.4. The maximum atomic E-state index is 11.6. The van der Waals surface area contributed by atoms with Crippen molar-refractivity contribution in [3.05, 3.63) is 29.8 Å². The predicted molar refractivity (Wildman–Crippen MR) is 81.1 cm³/mol. The number of carbonyl (C=O) groups excluding carboxylic acids is 1. The van der Waals surface area contributed by atoms with Crippen molar-refractivity contribution in [1.82, 2.24) is 5.32 Å². The fourth-order valence-electron chi connectivity index (χ4n) is 2.83. The van der Waals surface area contributed by atoms with Crippen LogP contribution in [0.3, 0.4) is 0 Å². The number of benzene rings is 1. The molecule has 0 saturated carbocycles. The van der Waals surface area contributed by atoms with Gasteiger partial charge in [-0.2, -0.15) is 0 Å². The number of alkyl carbamates (subject to hydrolysis) is 1. The van der Waals surface area contributed by atoms with E-state index in [1.165, 1.54) is 11.3 Å². The number of carbonyl (C=O) groups is 1. The Morgan fingerprint density at radius 1 is 1.45 bits per heavy atom. The van der Waals surface area contributed by atoms with Crippen LogP contribution < -0.4 is 10.2 Å². The topological polar surface area (TPSA) is 41.6 Å². The number of nitrogens with one attached hydrogen (secondary N) is 1. The van der Waals surface area contributed by atoms with Gasteiger partial charge in [-0.05, 0) is 43.9 Å². The van der Waals surface area contributed by atoms with Crippen LogP contribution in [0.4, 0.5) is 10.5 Å². The zero-order chi connectivity index (χ0) is 14.5. The molecule has 1 aromatic carbocycles. The number of piperidine rings is 1. The molecule has 0 spiro atoms. The largest absolute Gasteiger partial charge is 0.450 e. The van der Waals surface area contributed by atoms with Crippen molar-refractivity contribution < 1.29 is 9.53 Å². The Morgan fingerprint density at radius 3 is 2.95 bits per heavy atom. The Kier molecular flexibility index (Phi) is 4.88. The highest BCUT2D eigenvalue weighted by Gasteiger charge is 2.26. The van der Waals surface area contributed by atoms with E-state index in [2.05, 4.69) is 48.3 Å². The average Bonchev–Trinajstić information content (AvgIpc) is 2.38. The number of amides is 1. The molecule has 0 aliphatic carbocycles. The number of anilines is 1. The quantitative estimate of drug-likeness (QED) is 0.923. The summed E-state index contributed by atoms with van der Waals surface area (Å²) in [6.45, 7) is 8.43. The van der Waals surface area contributed by atoms with Gasteiger partial charge in [0.05, 0.1) is 6.61 Å². The van der Waals surface area contributed by atoms with E-state index in [9.17, 15) is 4.79 Å². The highest BCUT2D eigenvalue weighted by atomic mass is 16.5. The van der Waals surface area contributed by atoms with E-state index in [0.717, 1.165) is 19.5 Å². The van der Waals surface area contributed by atoms with Gasteiger partial charge >= 0.3 is 6.09 Å². The van der Waals surface area contributed by atoms with Gasteiger partial charge in [-0.1, -0.05) is 19.1 Å². The van der Waals surface area contributed by atoms with E-state index in [1.54, 1.807) is 0 Å². The zero-order valence-corrected chi connectivity index (χ0v) is 12.6. The lowest BCUT2D eigenvalue weighted by molar-refractivity contribution is 0.145. The van der Waals surface area contributed by atoms with E-state index in [4.69, 9.17) is 4.74 Å². The van der Waals surface area contributed by atoms with Crippen LogP contribution in [0.5, 0.6) is 0 Å². The fraction of sp³-hybridized carbons (Fsp3) is 0.562. The van der Waals surface area contributed by atoms with Gasteiger partial charge < -0.3 is 15.0 Å². The zero-order valence-electron chi connectivity index (χ0n) is 12.6. The molecular formula is C16H24N2O2. The van der Waals surface area contributed by atoms with E-state index >= 15 is 0 Å². The molecule has 1 aliphatic rings. The molecule has 1 aromatic rings. The lowest BCUT2D eigenvalue weighted by atomic mass is 9.95. The number of hydrogen-bond donors (Lipinski definition) is 1. The van der Waals surface area contributed by atoms with Crippen LogP contribution in [0.2, 0.25) is 0 Å². The second kappa shape index (κ2) is 6.64. The first-order valence-electron chi connectivity index (χ1n) is 7.33. The third-order valence-electron chi connectivity index (χ3n) is 3.62. The van der Waals surface area contributed by atoms with Crippen molar-refractivity contribution in [2.45, 2.75) is 33.2 Å². The van der Waals surface area contributed by atoms with Crippen LogP contribution >= 0.6 is 0 Å². The second-order valence-corrected chi connectivity index (χ2v) is 5.65. The van der Waals surface area contributed by atoms with Gasteiger partial charge in [0.15, 0.2) is 0 Å². The van der Waals surface area contributed by atoms with Gasteiger partial charge in [0.2, 0.25) is 0 Å². The molecule has 1 amide bonds. The van der Waals surface area contributed by atoms with E-state index in [1.807, 2.05) is 6.92 Å². The first kappa shape index (κ1) is 14.7. The summed E-state index contributed by atoms with van der Waals surface area (Å²) in [6.07, 6.45) is 0.692. The van der Waals surface area contributed by atoms with Crippen LogP contribution in [0.15, 0.2) is 24.3 Å². The fourth-order valence-corrected chi connectivity index (χ4v) is 2.83. The summed E-state index contributed by atoms with van der Waals surface area (Å²) in [5, 5.41) is 2.96. The minimum Gasteiger partial charge on any atom is -0.450 e. The molecular weight excluding hydrogens is 252 g/mol. The van der Waals surface area contributed by atoms with Crippen molar-refractivity contribution in [2.24, 2.45) is 5.92 Å². The lowest BCUT2D eigenvalue weighted by Gasteiger charge is -2.38. The smallest absolute Gasteiger partial charge is 0.407 e. The molecule has 1 aliphatic heterocycles. The van der Waals surface area contributed by atoms with Gasteiger partial charge in [-0.3, -0.25) is 0 Å². The molecule has 4 nitrogen and oxygen atoms in total. The van der Waals surface area contributed by atoms with Crippen molar-refractivity contribution in [1.29, 1.82) is 0 Å². The van der Waals surface area contributed by atoms with E-state index in [-0.39, 0.29) is 12.1 Å². The molecule has 20 heavy (non-hydrogen) atoms. The summed E-state index contributed by atoms with van der Waals surface area (Å²) in [5.41, 5.74) is 2.49. The van der Waals surface area contributed by atoms with E-state index < -0.39 is 0 Å². The third-order valence-corrected chi connectivity index (χ3v) is 3.62. The Hall–Kier alpha value is -1.71. The standard InChI is InChI=1S/C16H24N2O2/c1-4-20-16(19)17-14-8-13(3)10-18(11-14)15-7-5-6-12(2)9-15/h5-7,9,13-14H,4,8,10-11H2,1-3H3,(H,17,19). The highest BCUT2D eigenvalue weighted by Crippen LogP contribution is 2.24.